The van der Waals surface area contributed by atoms with E-state index in [2.05, 4.69) is 39.7 Å². The van der Waals surface area contributed by atoms with E-state index in [0.29, 0.717) is 25.7 Å². The Kier molecular flexibility index (Phi) is 14.5. The van der Waals surface area contributed by atoms with Crippen molar-refractivity contribution in [2.24, 2.45) is 17.8 Å². The average molecular weight is 618 g/mol. The molecule has 4 aliphatic rings. The second-order valence-electron chi connectivity index (χ2n) is 13.8. The number of aliphatic hydroxyl groups is 2. The maximum absolute atomic E-state index is 13.5. The number of amides is 3. The van der Waals surface area contributed by atoms with Gasteiger partial charge in [0.1, 0.15) is 12.1 Å². The molecule has 3 amide bonds. The van der Waals surface area contributed by atoms with Gasteiger partial charge < -0.3 is 31.1 Å². The van der Waals surface area contributed by atoms with E-state index in [1.54, 1.807) is 12.0 Å². The van der Waals surface area contributed by atoms with Gasteiger partial charge in [-0.15, -0.1) is 0 Å². The van der Waals surface area contributed by atoms with E-state index in [9.17, 15) is 19.8 Å². The highest BCUT2D eigenvalue weighted by molar-refractivity contribution is 5.82. The quantitative estimate of drug-likeness (QED) is 0.168. The number of urea groups is 1. The minimum atomic E-state index is -0.793. The van der Waals surface area contributed by atoms with Crippen molar-refractivity contribution in [1.82, 2.24) is 25.9 Å². The number of hydroxylamine groups is 2. The van der Waals surface area contributed by atoms with Crippen LogP contribution >= 0.6 is 0 Å². The second kappa shape index (κ2) is 18.3. The molecule has 0 spiro atoms. The molecule has 10 heteroatoms. The normalized spacial score (nSPS) is 29.5. The Bertz CT molecular complexity index is 942. The second-order valence-corrected chi connectivity index (χ2v) is 13.8. The summed E-state index contributed by atoms with van der Waals surface area (Å²) in [6.07, 6.45) is 15.6. The summed E-state index contributed by atoms with van der Waals surface area (Å²) in [5.41, 5.74) is 0. The minimum Gasteiger partial charge on any atom is -0.394 e. The third-order valence-corrected chi connectivity index (χ3v) is 10.4. The Morgan fingerprint density at radius 2 is 1.73 bits per heavy atom. The summed E-state index contributed by atoms with van der Waals surface area (Å²) >= 11 is 0. The predicted octanol–water partition coefficient (Wildman–Crippen LogP) is 3.17. The first-order chi connectivity index (χ1) is 21.4. The van der Waals surface area contributed by atoms with Crippen LogP contribution in [0.5, 0.6) is 0 Å². The molecule has 0 aromatic carbocycles. The monoisotopic (exact) mass is 617 g/mol. The highest BCUT2D eigenvalue weighted by Crippen LogP contribution is 2.35. The lowest BCUT2D eigenvalue weighted by atomic mass is 9.81. The van der Waals surface area contributed by atoms with Gasteiger partial charge in [0.05, 0.1) is 19.3 Å². The van der Waals surface area contributed by atoms with E-state index in [-0.39, 0.29) is 36.4 Å². The van der Waals surface area contributed by atoms with Crippen LogP contribution in [0.4, 0.5) is 4.79 Å². The van der Waals surface area contributed by atoms with E-state index in [4.69, 9.17) is 4.84 Å². The molecule has 3 saturated carbocycles. The van der Waals surface area contributed by atoms with Crippen LogP contribution < -0.4 is 16.0 Å². The lowest BCUT2D eigenvalue weighted by Crippen LogP contribution is -2.50. The fourth-order valence-corrected chi connectivity index (χ4v) is 7.89. The Morgan fingerprint density at radius 3 is 2.43 bits per heavy atom. The molecular weight excluding hydrogens is 558 g/mol. The van der Waals surface area contributed by atoms with Crippen LogP contribution in [0.15, 0.2) is 0 Å². The molecule has 3 aliphatic carbocycles. The van der Waals surface area contributed by atoms with Gasteiger partial charge in [0, 0.05) is 37.0 Å². The zero-order valence-electron chi connectivity index (χ0n) is 27.3. The number of carbonyl (C=O) groups is 2. The molecule has 6 atom stereocenters. The smallest absolute Gasteiger partial charge is 0.315 e. The zero-order chi connectivity index (χ0) is 31.3. The molecule has 5 N–H and O–H groups in total. The summed E-state index contributed by atoms with van der Waals surface area (Å²) in [6.45, 7) is 3.84. The molecular formula is C34H59N5O5. The van der Waals surface area contributed by atoms with Crippen molar-refractivity contribution in [2.45, 2.75) is 134 Å². The van der Waals surface area contributed by atoms with Gasteiger partial charge in [0.25, 0.3) is 0 Å². The number of carbonyl (C=O) groups excluding carboxylic acids is 2. The van der Waals surface area contributed by atoms with Crippen LogP contribution in [0, 0.1) is 29.6 Å². The lowest BCUT2D eigenvalue weighted by Gasteiger charge is -2.32. The topological polar surface area (TPSA) is 126 Å². The molecule has 1 aliphatic heterocycles. The zero-order valence-corrected chi connectivity index (χ0v) is 27.3. The molecule has 1 saturated heterocycles. The van der Waals surface area contributed by atoms with Crippen LogP contribution in [0.1, 0.15) is 103 Å². The third kappa shape index (κ3) is 10.6. The SMILES string of the molecule is C[C@@H](O)[C@H]1[C@@H](CO)ON(CC2CCCC(C#CCNC(=O)NC3CCCCC3)C2)[C@H]1C(=O)NCCCN(C)C1CCCCC1. The standard InChI is InChI=1S/C34H59N5O5/c1-25(41)31-30(24-40)44-39(32(31)33(42)35-20-11-21-38(2)29-17-7-4-8-18-29)23-27-13-9-12-26(22-27)14-10-19-36-34(43)37-28-15-5-3-6-16-28/h25-32,40-41H,3-9,11-13,15-24H2,1-2H3,(H,35,42)(H2,36,37,43)/t25-,26?,27?,30-,31+,32-/m1/s1. The van der Waals surface area contributed by atoms with E-state index in [1.165, 1.54) is 51.4 Å². The number of hydrogen-bond acceptors (Lipinski definition) is 7. The van der Waals surface area contributed by atoms with Gasteiger partial charge in [-0.2, -0.15) is 5.06 Å². The van der Waals surface area contributed by atoms with Gasteiger partial charge in [0.15, 0.2) is 0 Å². The molecule has 2 unspecified atom stereocenters. The van der Waals surface area contributed by atoms with Crippen LogP contribution in [-0.2, 0) is 9.63 Å². The molecule has 0 aromatic heterocycles. The van der Waals surface area contributed by atoms with Crippen molar-refractivity contribution in [3.63, 3.8) is 0 Å². The fraction of sp³-hybridized carbons (Fsp3) is 0.882. The fourth-order valence-electron chi connectivity index (χ4n) is 7.89. The van der Waals surface area contributed by atoms with Crippen molar-refractivity contribution >= 4 is 11.9 Å². The van der Waals surface area contributed by atoms with Crippen molar-refractivity contribution in [1.29, 1.82) is 0 Å². The summed E-state index contributed by atoms with van der Waals surface area (Å²) in [7, 11) is 2.19. The molecule has 0 bridgehead atoms. The Balaban J connectivity index is 1.25. The third-order valence-electron chi connectivity index (χ3n) is 10.4. The molecule has 0 radical (unpaired) electrons. The van der Waals surface area contributed by atoms with Crippen molar-refractivity contribution in [2.75, 3.05) is 39.8 Å². The Morgan fingerprint density at radius 1 is 1.00 bits per heavy atom. The van der Waals surface area contributed by atoms with Crippen molar-refractivity contribution < 1.29 is 24.6 Å². The molecule has 44 heavy (non-hydrogen) atoms. The Labute approximate surface area is 265 Å². The summed E-state index contributed by atoms with van der Waals surface area (Å²) in [4.78, 5) is 34.3. The van der Waals surface area contributed by atoms with Gasteiger partial charge in [-0.05, 0) is 77.8 Å². The van der Waals surface area contributed by atoms with E-state index >= 15 is 0 Å². The first-order valence-electron chi connectivity index (χ1n) is 17.6. The van der Waals surface area contributed by atoms with E-state index < -0.39 is 24.2 Å². The first kappa shape index (κ1) is 35.0. The summed E-state index contributed by atoms with van der Waals surface area (Å²) in [6, 6.07) is 0.141. The molecule has 250 valence electrons. The molecule has 4 fully saturated rings. The largest absolute Gasteiger partial charge is 0.394 e. The number of nitrogens with one attached hydrogen (secondary N) is 3. The molecule has 1 heterocycles. The van der Waals surface area contributed by atoms with Crippen LogP contribution in [0.2, 0.25) is 0 Å². The van der Waals surface area contributed by atoms with E-state index in [0.717, 1.165) is 51.5 Å². The summed E-state index contributed by atoms with van der Waals surface area (Å²) in [5.74, 6) is 6.40. The first-order valence-corrected chi connectivity index (χ1v) is 17.6. The number of rotatable bonds is 12. The Hall–Kier alpha value is -1.90. The number of hydrogen-bond donors (Lipinski definition) is 5. The maximum atomic E-state index is 13.5. The maximum Gasteiger partial charge on any atom is 0.315 e. The lowest BCUT2D eigenvalue weighted by molar-refractivity contribution is -0.183. The summed E-state index contributed by atoms with van der Waals surface area (Å²) < 4.78 is 0. The van der Waals surface area contributed by atoms with Gasteiger partial charge in [0.2, 0.25) is 5.91 Å². The highest BCUT2D eigenvalue weighted by atomic mass is 16.7. The average Bonchev–Trinajstić information content (AvgIpc) is 3.41. The summed E-state index contributed by atoms with van der Waals surface area (Å²) in [5, 5.41) is 31.5. The van der Waals surface area contributed by atoms with Gasteiger partial charge in [-0.25, -0.2) is 4.79 Å². The number of aliphatic hydroxyl groups excluding tert-OH is 2. The van der Waals surface area contributed by atoms with Crippen LogP contribution in [-0.4, -0.2) is 102 Å². The predicted molar refractivity (Wildman–Crippen MR) is 171 cm³/mol. The van der Waals surface area contributed by atoms with Crippen molar-refractivity contribution in [3.05, 3.63) is 0 Å². The van der Waals surface area contributed by atoms with Gasteiger partial charge >= 0.3 is 6.03 Å². The van der Waals surface area contributed by atoms with Crippen LogP contribution in [0.3, 0.4) is 0 Å². The van der Waals surface area contributed by atoms with Gasteiger partial charge in [-0.3, -0.25) is 9.63 Å². The molecule has 10 nitrogen and oxygen atoms in total. The highest BCUT2D eigenvalue weighted by Gasteiger charge is 2.49. The van der Waals surface area contributed by atoms with E-state index in [1.807, 2.05) is 0 Å². The minimum absolute atomic E-state index is 0.134. The number of nitrogens with zero attached hydrogens (tertiary/aromatic N) is 2. The molecule has 0 aromatic rings. The van der Waals surface area contributed by atoms with Crippen molar-refractivity contribution in [3.8, 4) is 11.8 Å². The van der Waals surface area contributed by atoms with Crippen LogP contribution in [0.25, 0.3) is 0 Å². The molecule has 4 rings (SSSR count). The van der Waals surface area contributed by atoms with Gasteiger partial charge in [-0.1, -0.05) is 56.8 Å².